The lowest BCUT2D eigenvalue weighted by Crippen LogP contribution is -2.14. The number of thiazole rings is 1. The van der Waals surface area contributed by atoms with Crippen LogP contribution in [-0.2, 0) is 4.79 Å². The zero-order valence-corrected chi connectivity index (χ0v) is 18.1. The predicted octanol–water partition coefficient (Wildman–Crippen LogP) is 5.15. The Labute approximate surface area is 181 Å². The Bertz CT molecular complexity index is 1290. The number of hydrogen-bond acceptors (Lipinski definition) is 7. The maximum Gasteiger partial charge on any atom is 0.234 e. The highest BCUT2D eigenvalue weighted by molar-refractivity contribution is 8.00. The average molecular weight is 435 g/mol. The minimum absolute atomic E-state index is 0.151. The number of fused-ring (bicyclic) bond motifs is 2. The molecule has 0 saturated carbocycles. The molecule has 0 aliphatic carbocycles. The van der Waals surface area contributed by atoms with Crippen LogP contribution in [0.15, 0.2) is 47.5 Å². The molecular weight excluding hydrogens is 416 g/mol. The molecule has 4 rings (SSSR count). The van der Waals surface area contributed by atoms with Crippen LogP contribution in [0.2, 0.25) is 0 Å². The van der Waals surface area contributed by atoms with Crippen LogP contribution in [0.3, 0.4) is 0 Å². The first-order chi connectivity index (χ1) is 14.6. The van der Waals surface area contributed by atoms with Gasteiger partial charge >= 0.3 is 0 Å². The molecule has 2 heterocycles. The third-order valence-electron chi connectivity index (χ3n) is 4.30. The maximum absolute atomic E-state index is 12.4. The monoisotopic (exact) mass is 434 g/mol. The van der Waals surface area contributed by atoms with Crippen molar-refractivity contribution in [3.05, 3.63) is 53.0 Å². The number of pyridine rings is 1. The van der Waals surface area contributed by atoms with E-state index in [1.165, 1.54) is 11.8 Å². The summed E-state index contributed by atoms with van der Waals surface area (Å²) < 4.78 is 6.60. The number of amides is 1. The summed E-state index contributed by atoms with van der Waals surface area (Å²) in [6, 6.07) is 15.2. The van der Waals surface area contributed by atoms with Crippen molar-refractivity contribution in [2.45, 2.75) is 18.9 Å². The number of aryl methyl sites for hydroxylation is 1. The highest BCUT2D eigenvalue weighted by atomic mass is 32.2. The van der Waals surface area contributed by atoms with Crippen LogP contribution in [0.25, 0.3) is 21.1 Å². The molecule has 0 fully saturated rings. The van der Waals surface area contributed by atoms with Gasteiger partial charge in [0.2, 0.25) is 5.91 Å². The lowest BCUT2D eigenvalue weighted by atomic mass is 10.1. The summed E-state index contributed by atoms with van der Waals surface area (Å²) in [5, 5.41) is 14.8. The van der Waals surface area contributed by atoms with E-state index >= 15 is 0 Å². The molecular formula is C22H18N4O2S2. The molecule has 0 aliphatic rings. The van der Waals surface area contributed by atoms with Gasteiger partial charge in [-0.1, -0.05) is 11.8 Å². The Morgan fingerprint density at radius 3 is 2.87 bits per heavy atom. The number of aromatic nitrogens is 2. The fourth-order valence-electron chi connectivity index (χ4n) is 3.03. The molecule has 150 valence electrons. The fourth-order valence-corrected chi connectivity index (χ4v) is 4.61. The van der Waals surface area contributed by atoms with Gasteiger partial charge in [-0.3, -0.25) is 4.79 Å². The first-order valence-electron chi connectivity index (χ1n) is 9.33. The summed E-state index contributed by atoms with van der Waals surface area (Å²) in [5.41, 5.74) is 2.77. The van der Waals surface area contributed by atoms with Crippen molar-refractivity contribution >= 4 is 55.8 Å². The lowest BCUT2D eigenvalue weighted by Gasteiger charge is -2.08. The van der Waals surface area contributed by atoms with E-state index < -0.39 is 0 Å². The van der Waals surface area contributed by atoms with Gasteiger partial charge < -0.3 is 10.1 Å². The highest BCUT2D eigenvalue weighted by Gasteiger charge is 2.12. The summed E-state index contributed by atoms with van der Waals surface area (Å²) in [5.74, 6) is 0.727. The van der Waals surface area contributed by atoms with Crippen LogP contribution in [-0.4, -0.2) is 28.2 Å². The molecule has 4 aromatic rings. The number of thioether (sulfide) groups is 1. The first-order valence-corrected chi connectivity index (χ1v) is 11.1. The molecule has 6 nitrogen and oxygen atoms in total. The normalized spacial score (nSPS) is 10.8. The molecule has 0 spiro atoms. The molecule has 0 unspecified atom stereocenters. The summed E-state index contributed by atoms with van der Waals surface area (Å²) in [6.07, 6.45) is 0. The zero-order chi connectivity index (χ0) is 21.1. The molecule has 8 heteroatoms. The van der Waals surface area contributed by atoms with Gasteiger partial charge in [0, 0.05) is 11.1 Å². The molecule has 0 aliphatic heterocycles. The minimum Gasteiger partial charge on any atom is -0.494 e. The zero-order valence-electron chi connectivity index (χ0n) is 16.4. The van der Waals surface area contributed by atoms with Crippen LogP contribution in [0, 0.1) is 18.3 Å². The van der Waals surface area contributed by atoms with E-state index in [-0.39, 0.29) is 11.7 Å². The molecule has 30 heavy (non-hydrogen) atoms. The van der Waals surface area contributed by atoms with Crippen LogP contribution in [0.4, 0.5) is 5.69 Å². The SMILES string of the molecule is CCOc1ccc2nc(SCC(=O)Nc3ccc4sc(C)nc4c3)c(C#N)cc2c1. The maximum atomic E-state index is 12.4. The van der Waals surface area contributed by atoms with Crippen molar-refractivity contribution in [3.8, 4) is 11.8 Å². The molecule has 0 radical (unpaired) electrons. The van der Waals surface area contributed by atoms with E-state index in [9.17, 15) is 10.1 Å². The highest BCUT2D eigenvalue weighted by Crippen LogP contribution is 2.28. The lowest BCUT2D eigenvalue weighted by molar-refractivity contribution is -0.113. The second-order valence-corrected chi connectivity index (χ2v) is 8.69. The summed E-state index contributed by atoms with van der Waals surface area (Å²) in [7, 11) is 0. The number of rotatable bonds is 6. The standard InChI is InChI=1S/C22H18N4O2S2/c1-3-28-17-5-6-18-14(9-17)8-15(11-23)22(26-18)29-12-21(27)25-16-4-7-20-19(10-16)24-13(2)30-20/h4-10H,3,12H2,1-2H3,(H,25,27). The number of nitriles is 1. The largest absolute Gasteiger partial charge is 0.494 e. The van der Waals surface area contributed by atoms with Gasteiger partial charge in [0.15, 0.2) is 0 Å². The summed E-state index contributed by atoms with van der Waals surface area (Å²) in [6.45, 7) is 4.45. The number of nitrogens with one attached hydrogen (secondary N) is 1. The van der Waals surface area contributed by atoms with E-state index in [2.05, 4.69) is 21.4 Å². The molecule has 1 N–H and O–H groups in total. The molecule has 1 amide bonds. The van der Waals surface area contributed by atoms with Crippen LogP contribution < -0.4 is 10.1 Å². The smallest absolute Gasteiger partial charge is 0.234 e. The summed E-state index contributed by atoms with van der Waals surface area (Å²) in [4.78, 5) is 21.4. The Morgan fingerprint density at radius 1 is 1.20 bits per heavy atom. The summed E-state index contributed by atoms with van der Waals surface area (Å²) >= 11 is 2.87. The van der Waals surface area contributed by atoms with Crippen molar-refractivity contribution < 1.29 is 9.53 Å². The minimum atomic E-state index is -0.163. The number of benzene rings is 2. The van der Waals surface area contributed by atoms with Crippen molar-refractivity contribution in [2.24, 2.45) is 0 Å². The third kappa shape index (κ3) is 4.37. The molecule has 2 aromatic heterocycles. The number of nitrogens with zero attached hydrogens (tertiary/aromatic N) is 3. The Morgan fingerprint density at radius 2 is 2.07 bits per heavy atom. The van der Waals surface area contributed by atoms with Gasteiger partial charge in [0.1, 0.15) is 16.8 Å². The van der Waals surface area contributed by atoms with Gasteiger partial charge in [-0.2, -0.15) is 5.26 Å². The molecule has 0 bridgehead atoms. The number of hydrogen-bond donors (Lipinski definition) is 1. The number of carbonyl (C=O) groups excluding carboxylic acids is 1. The number of anilines is 1. The average Bonchev–Trinajstić information content (AvgIpc) is 3.11. The van der Waals surface area contributed by atoms with Crippen molar-refractivity contribution in [2.75, 3.05) is 17.7 Å². The Balaban J connectivity index is 1.48. The van der Waals surface area contributed by atoms with E-state index in [0.29, 0.717) is 22.9 Å². The number of ether oxygens (including phenoxy) is 1. The Kier molecular flexibility index (Phi) is 5.84. The van der Waals surface area contributed by atoms with Gasteiger partial charge in [-0.25, -0.2) is 9.97 Å². The van der Waals surface area contributed by atoms with Crippen LogP contribution >= 0.6 is 23.1 Å². The first kappa shape index (κ1) is 20.1. The van der Waals surface area contributed by atoms with E-state index in [0.717, 1.165) is 31.9 Å². The molecule has 0 atom stereocenters. The van der Waals surface area contributed by atoms with Crippen LogP contribution in [0.5, 0.6) is 5.75 Å². The molecule has 2 aromatic carbocycles. The van der Waals surface area contributed by atoms with Crippen LogP contribution in [0.1, 0.15) is 17.5 Å². The van der Waals surface area contributed by atoms with Gasteiger partial charge in [0.25, 0.3) is 0 Å². The third-order valence-corrected chi connectivity index (χ3v) is 6.24. The van der Waals surface area contributed by atoms with Gasteiger partial charge in [0.05, 0.1) is 38.7 Å². The number of carbonyl (C=O) groups is 1. The van der Waals surface area contributed by atoms with Gasteiger partial charge in [-0.15, -0.1) is 11.3 Å². The van der Waals surface area contributed by atoms with E-state index in [4.69, 9.17) is 4.74 Å². The van der Waals surface area contributed by atoms with Gasteiger partial charge in [-0.05, 0) is 56.3 Å². The van der Waals surface area contributed by atoms with Crippen molar-refractivity contribution in [1.29, 1.82) is 5.26 Å². The second-order valence-electron chi connectivity index (χ2n) is 6.49. The topological polar surface area (TPSA) is 87.9 Å². The fraction of sp³-hybridized carbons (Fsp3) is 0.182. The van der Waals surface area contributed by atoms with Crippen molar-refractivity contribution in [1.82, 2.24) is 9.97 Å². The second kappa shape index (κ2) is 8.69. The van der Waals surface area contributed by atoms with E-state index in [1.807, 2.05) is 50.2 Å². The quantitative estimate of drug-likeness (QED) is 0.422. The predicted molar refractivity (Wildman–Crippen MR) is 121 cm³/mol. The van der Waals surface area contributed by atoms with Crippen molar-refractivity contribution in [3.63, 3.8) is 0 Å². The Hall–Kier alpha value is -3.15. The van der Waals surface area contributed by atoms with E-state index in [1.54, 1.807) is 17.4 Å². The molecule has 0 saturated heterocycles.